The van der Waals surface area contributed by atoms with E-state index in [1.54, 1.807) is 18.4 Å². The molecule has 0 N–H and O–H groups in total. The first-order chi connectivity index (χ1) is 14.2. The van der Waals surface area contributed by atoms with Gasteiger partial charge in [-0.25, -0.2) is 4.99 Å². The van der Waals surface area contributed by atoms with Gasteiger partial charge in [-0.1, -0.05) is 48.5 Å². The van der Waals surface area contributed by atoms with Crippen molar-refractivity contribution in [2.75, 3.05) is 7.11 Å². The molecule has 1 aromatic heterocycles. The van der Waals surface area contributed by atoms with E-state index < -0.39 is 0 Å². The molecular formula is C25H24N2OS. The third kappa shape index (κ3) is 4.49. The Bertz CT molecular complexity index is 1130. The molecule has 0 unspecified atom stereocenters. The van der Waals surface area contributed by atoms with Crippen LogP contribution in [0.15, 0.2) is 89.9 Å². The van der Waals surface area contributed by atoms with Crippen LogP contribution in [0.5, 0.6) is 5.75 Å². The molecule has 3 aromatic carbocycles. The first kappa shape index (κ1) is 19.2. The molecule has 146 valence electrons. The van der Waals surface area contributed by atoms with Crippen molar-refractivity contribution in [3.8, 4) is 17.0 Å². The van der Waals surface area contributed by atoms with Crippen molar-refractivity contribution in [2.24, 2.45) is 4.99 Å². The molecular weight excluding hydrogens is 376 g/mol. The lowest BCUT2D eigenvalue weighted by Gasteiger charge is -2.11. The SMILES string of the molecule is COc1ccc(-c2c(C)sc(=Nc3ccccc3)n2CCc2ccccc2)cc1. The van der Waals surface area contributed by atoms with Crippen LogP contribution in [-0.2, 0) is 13.0 Å². The van der Waals surface area contributed by atoms with Crippen LogP contribution in [0.25, 0.3) is 11.3 Å². The molecule has 1 heterocycles. The van der Waals surface area contributed by atoms with Crippen molar-refractivity contribution in [3.63, 3.8) is 0 Å². The second-order valence-corrected chi connectivity index (χ2v) is 8.03. The van der Waals surface area contributed by atoms with Gasteiger partial charge in [0.15, 0.2) is 4.80 Å². The lowest BCUT2D eigenvalue weighted by Crippen LogP contribution is -2.17. The summed E-state index contributed by atoms with van der Waals surface area (Å²) >= 11 is 1.74. The molecule has 3 nitrogen and oxygen atoms in total. The van der Waals surface area contributed by atoms with Crippen molar-refractivity contribution >= 4 is 17.0 Å². The summed E-state index contributed by atoms with van der Waals surface area (Å²) in [6.07, 6.45) is 0.960. The maximum absolute atomic E-state index is 5.33. The molecule has 0 bridgehead atoms. The minimum Gasteiger partial charge on any atom is -0.497 e. The minimum absolute atomic E-state index is 0.867. The Kier molecular flexibility index (Phi) is 5.92. The van der Waals surface area contributed by atoms with Gasteiger partial charge in [0.2, 0.25) is 0 Å². The number of para-hydroxylation sites is 1. The molecule has 4 aromatic rings. The maximum atomic E-state index is 5.33. The summed E-state index contributed by atoms with van der Waals surface area (Å²) in [5.41, 5.74) is 4.71. The van der Waals surface area contributed by atoms with E-state index in [-0.39, 0.29) is 0 Å². The standard InChI is InChI=1S/C25H24N2OS/c1-19-24(21-13-15-23(28-2)16-14-21)27(18-17-20-9-5-3-6-10-20)25(29-19)26-22-11-7-4-8-12-22/h3-16H,17-18H2,1-2H3. The molecule has 0 saturated heterocycles. The van der Waals surface area contributed by atoms with Gasteiger partial charge in [0, 0.05) is 11.4 Å². The van der Waals surface area contributed by atoms with Gasteiger partial charge in [0.05, 0.1) is 18.5 Å². The van der Waals surface area contributed by atoms with Crippen LogP contribution in [0.2, 0.25) is 0 Å². The van der Waals surface area contributed by atoms with Crippen LogP contribution < -0.4 is 9.54 Å². The van der Waals surface area contributed by atoms with Gasteiger partial charge >= 0.3 is 0 Å². The Labute approximate surface area is 175 Å². The summed E-state index contributed by atoms with van der Waals surface area (Å²) in [7, 11) is 1.70. The Balaban J connectivity index is 1.79. The average molecular weight is 401 g/mol. The third-order valence-corrected chi connectivity index (χ3v) is 5.88. The number of hydrogen-bond acceptors (Lipinski definition) is 3. The van der Waals surface area contributed by atoms with Crippen LogP contribution in [-0.4, -0.2) is 11.7 Å². The quantitative estimate of drug-likeness (QED) is 0.389. The number of rotatable bonds is 6. The zero-order valence-corrected chi connectivity index (χ0v) is 17.5. The van der Waals surface area contributed by atoms with Crippen molar-refractivity contribution in [1.29, 1.82) is 0 Å². The number of nitrogens with zero attached hydrogens (tertiary/aromatic N) is 2. The molecule has 4 heteroatoms. The second-order valence-electron chi connectivity index (χ2n) is 6.85. The van der Waals surface area contributed by atoms with Gasteiger partial charge in [0.1, 0.15) is 5.75 Å². The molecule has 0 amide bonds. The number of hydrogen-bond donors (Lipinski definition) is 0. The van der Waals surface area contributed by atoms with Gasteiger partial charge in [0.25, 0.3) is 0 Å². The number of aryl methyl sites for hydroxylation is 2. The van der Waals surface area contributed by atoms with Gasteiger partial charge in [-0.05, 0) is 60.9 Å². The molecule has 0 spiro atoms. The topological polar surface area (TPSA) is 26.5 Å². The average Bonchev–Trinajstić information content (AvgIpc) is 3.08. The zero-order valence-electron chi connectivity index (χ0n) is 16.7. The largest absolute Gasteiger partial charge is 0.497 e. The van der Waals surface area contributed by atoms with Crippen molar-refractivity contribution in [2.45, 2.75) is 19.9 Å². The van der Waals surface area contributed by atoms with E-state index in [4.69, 9.17) is 9.73 Å². The van der Waals surface area contributed by atoms with E-state index in [2.05, 4.69) is 54.0 Å². The number of benzene rings is 3. The molecule has 0 aliphatic carbocycles. The monoisotopic (exact) mass is 400 g/mol. The molecule has 4 rings (SSSR count). The Morgan fingerprint density at radius 3 is 2.17 bits per heavy atom. The van der Waals surface area contributed by atoms with Crippen LogP contribution in [0.3, 0.4) is 0 Å². The molecule has 29 heavy (non-hydrogen) atoms. The summed E-state index contributed by atoms with van der Waals surface area (Å²) in [5, 5.41) is 0. The van der Waals surface area contributed by atoms with Crippen molar-refractivity contribution < 1.29 is 4.74 Å². The number of aromatic nitrogens is 1. The Hall–Kier alpha value is -3.11. The number of thiazole rings is 1. The molecule has 0 aliphatic heterocycles. The van der Waals surface area contributed by atoms with E-state index in [1.165, 1.54) is 21.7 Å². The number of methoxy groups -OCH3 is 1. The highest BCUT2D eigenvalue weighted by Crippen LogP contribution is 2.28. The van der Waals surface area contributed by atoms with E-state index in [1.807, 2.05) is 42.5 Å². The molecule has 0 radical (unpaired) electrons. The fourth-order valence-corrected chi connectivity index (χ4v) is 4.47. The highest BCUT2D eigenvalue weighted by Gasteiger charge is 2.13. The summed E-state index contributed by atoms with van der Waals surface area (Å²) in [4.78, 5) is 7.24. The fourth-order valence-electron chi connectivity index (χ4n) is 3.42. The Morgan fingerprint density at radius 1 is 0.862 bits per heavy atom. The highest BCUT2D eigenvalue weighted by molar-refractivity contribution is 7.09. The zero-order chi connectivity index (χ0) is 20.1. The first-order valence-electron chi connectivity index (χ1n) is 9.73. The Morgan fingerprint density at radius 2 is 1.52 bits per heavy atom. The molecule has 0 aliphatic rings. The van der Waals surface area contributed by atoms with Crippen LogP contribution in [0, 0.1) is 6.92 Å². The highest BCUT2D eigenvalue weighted by atomic mass is 32.1. The van der Waals surface area contributed by atoms with E-state index >= 15 is 0 Å². The van der Waals surface area contributed by atoms with Crippen LogP contribution in [0.1, 0.15) is 10.4 Å². The summed E-state index contributed by atoms with van der Waals surface area (Å²) in [6.45, 7) is 3.05. The lowest BCUT2D eigenvalue weighted by atomic mass is 10.1. The van der Waals surface area contributed by atoms with Gasteiger partial charge in [-0.2, -0.15) is 0 Å². The van der Waals surface area contributed by atoms with Gasteiger partial charge < -0.3 is 9.30 Å². The number of ether oxygens (including phenoxy) is 1. The normalized spacial score (nSPS) is 11.6. The third-order valence-electron chi connectivity index (χ3n) is 4.89. The molecule has 0 atom stereocenters. The molecule has 0 fully saturated rings. The minimum atomic E-state index is 0.867. The van der Waals surface area contributed by atoms with Crippen LogP contribution in [0.4, 0.5) is 5.69 Å². The van der Waals surface area contributed by atoms with E-state index in [9.17, 15) is 0 Å². The van der Waals surface area contributed by atoms with E-state index in [0.29, 0.717) is 0 Å². The van der Waals surface area contributed by atoms with Gasteiger partial charge in [-0.15, -0.1) is 11.3 Å². The first-order valence-corrected chi connectivity index (χ1v) is 10.5. The van der Waals surface area contributed by atoms with Crippen molar-refractivity contribution in [3.05, 3.63) is 100 Å². The van der Waals surface area contributed by atoms with Crippen molar-refractivity contribution in [1.82, 2.24) is 4.57 Å². The summed E-state index contributed by atoms with van der Waals surface area (Å²) in [5.74, 6) is 0.867. The molecule has 0 saturated carbocycles. The van der Waals surface area contributed by atoms with Crippen LogP contribution >= 0.6 is 11.3 Å². The van der Waals surface area contributed by atoms with E-state index in [0.717, 1.165) is 29.2 Å². The maximum Gasteiger partial charge on any atom is 0.190 e. The fraction of sp³-hybridized carbons (Fsp3) is 0.160. The predicted molar refractivity (Wildman–Crippen MR) is 121 cm³/mol. The second kappa shape index (κ2) is 8.93. The smallest absolute Gasteiger partial charge is 0.190 e. The lowest BCUT2D eigenvalue weighted by molar-refractivity contribution is 0.415. The summed E-state index contributed by atoms with van der Waals surface area (Å²) < 4.78 is 7.68. The summed E-state index contributed by atoms with van der Waals surface area (Å²) in [6, 6.07) is 29.1. The van der Waals surface area contributed by atoms with Gasteiger partial charge in [-0.3, -0.25) is 0 Å². The predicted octanol–water partition coefficient (Wildman–Crippen LogP) is 6.01.